The number of rotatable bonds is 6. The van der Waals surface area contributed by atoms with Gasteiger partial charge in [0.15, 0.2) is 0 Å². The monoisotopic (exact) mass is 260 g/mol. The van der Waals surface area contributed by atoms with Crippen molar-refractivity contribution in [3.8, 4) is 0 Å². The van der Waals surface area contributed by atoms with Gasteiger partial charge in [-0.3, -0.25) is 4.79 Å². The van der Waals surface area contributed by atoms with E-state index in [1.54, 1.807) is 0 Å². The van der Waals surface area contributed by atoms with E-state index < -0.39 is 21.6 Å². The molecule has 96 valence electrons. The summed E-state index contributed by atoms with van der Waals surface area (Å²) in [6.07, 6.45) is 3.00. The number of aromatic nitrogens is 1. The zero-order valence-corrected chi connectivity index (χ0v) is 10.3. The zero-order chi connectivity index (χ0) is 12.9. The third-order valence-electron chi connectivity index (χ3n) is 2.21. The number of sulfonamides is 1. The van der Waals surface area contributed by atoms with Gasteiger partial charge in [-0.25, -0.2) is 13.1 Å². The molecular weight excluding hydrogens is 244 g/mol. The van der Waals surface area contributed by atoms with Crippen molar-refractivity contribution < 1.29 is 13.5 Å². The lowest BCUT2D eigenvalue weighted by Gasteiger charge is -2.10. The standard InChI is InChI=1S/C10H16N2O4S/c1-2-3-8(13)6-12-17(15,16)10-7-11-5-4-9(10)14/h4-5,7-8,12-13H,2-3,6H2,1H3,(H,11,14). The van der Waals surface area contributed by atoms with Gasteiger partial charge in [-0.1, -0.05) is 13.3 Å². The molecule has 0 saturated carbocycles. The lowest BCUT2D eigenvalue weighted by atomic mass is 10.2. The first-order valence-corrected chi connectivity index (χ1v) is 6.80. The molecule has 0 aliphatic heterocycles. The van der Waals surface area contributed by atoms with Crippen molar-refractivity contribution in [2.24, 2.45) is 0 Å². The van der Waals surface area contributed by atoms with Crippen LogP contribution in [0.3, 0.4) is 0 Å². The molecule has 0 amide bonds. The number of aliphatic hydroxyl groups excluding tert-OH is 1. The van der Waals surface area contributed by atoms with Gasteiger partial charge in [0, 0.05) is 25.0 Å². The van der Waals surface area contributed by atoms with Crippen molar-refractivity contribution in [2.45, 2.75) is 30.8 Å². The first-order chi connectivity index (χ1) is 7.97. The number of hydrogen-bond donors (Lipinski definition) is 3. The molecule has 1 heterocycles. The number of hydrogen-bond acceptors (Lipinski definition) is 4. The summed E-state index contributed by atoms with van der Waals surface area (Å²) in [5.41, 5.74) is -0.582. The minimum Gasteiger partial charge on any atom is -0.392 e. The van der Waals surface area contributed by atoms with Crippen molar-refractivity contribution in [2.75, 3.05) is 6.54 Å². The Balaban J connectivity index is 2.77. The van der Waals surface area contributed by atoms with E-state index in [9.17, 15) is 18.3 Å². The lowest BCUT2D eigenvalue weighted by Crippen LogP contribution is -2.34. The molecule has 0 aliphatic rings. The Hall–Kier alpha value is -1.18. The van der Waals surface area contributed by atoms with Gasteiger partial charge in [0.05, 0.1) is 6.10 Å². The topological polar surface area (TPSA) is 99.3 Å². The third kappa shape index (κ3) is 3.95. The van der Waals surface area contributed by atoms with Crippen molar-refractivity contribution >= 4 is 10.0 Å². The Bertz CT molecular complexity index is 509. The average Bonchev–Trinajstić information content (AvgIpc) is 2.27. The number of pyridine rings is 1. The molecule has 17 heavy (non-hydrogen) atoms. The molecule has 0 aromatic carbocycles. The van der Waals surface area contributed by atoms with Crippen LogP contribution >= 0.6 is 0 Å². The molecule has 1 aromatic heterocycles. The molecular formula is C10H16N2O4S. The summed E-state index contributed by atoms with van der Waals surface area (Å²) < 4.78 is 25.6. The van der Waals surface area contributed by atoms with E-state index in [1.165, 1.54) is 6.20 Å². The van der Waals surface area contributed by atoms with Crippen LogP contribution in [0.5, 0.6) is 0 Å². The molecule has 6 nitrogen and oxygen atoms in total. The zero-order valence-electron chi connectivity index (χ0n) is 9.51. The number of aliphatic hydroxyl groups is 1. The highest BCUT2D eigenvalue weighted by atomic mass is 32.2. The molecule has 0 aliphatic carbocycles. The molecule has 1 unspecified atom stereocenters. The van der Waals surface area contributed by atoms with Crippen molar-refractivity contribution in [1.29, 1.82) is 0 Å². The number of H-pyrrole nitrogens is 1. The fraction of sp³-hybridized carbons (Fsp3) is 0.500. The smallest absolute Gasteiger partial charge is 0.246 e. The molecule has 0 spiro atoms. The molecule has 0 saturated heterocycles. The second kappa shape index (κ2) is 5.95. The Morgan fingerprint density at radius 2 is 2.24 bits per heavy atom. The molecule has 1 aromatic rings. The summed E-state index contributed by atoms with van der Waals surface area (Å²) in [5.74, 6) is 0. The first kappa shape index (κ1) is 13.9. The second-order valence-electron chi connectivity index (χ2n) is 3.67. The van der Waals surface area contributed by atoms with Crippen molar-refractivity contribution in [1.82, 2.24) is 9.71 Å². The average molecular weight is 260 g/mol. The van der Waals surface area contributed by atoms with E-state index in [1.807, 2.05) is 6.92 Å². The van der Waals surface area contributed by atoms with Gasteiger partial charge in [-0.05, 0) is 6.42 Å². The first-order valence-electron chi connectivity index (χ1n) is 5.32. The predicted molar refractivity (Wildman–Crippen MR) is 63.2 cm³/mol. The molecule has 1 atom stereocenters. The highest BCUT2D eigenvalue weighted by Crippen LogP contribution is 2.01. The summed E-state index contributed by atoms with van der Waals surface area (Å²) in [4.78, 5) is 13.5. The Labute approximate surface area is 99.7 Å². The normalized spacial score (nSPS) is 13.5. The van der Waals surface area contributed by atoms with Gasteiger partial charge >= 0.3 is 0 Å². The summed E-state index contributed by atoms with van der Waals surface area (Å²) in [7, 11) is -3.86. The largest absolute Gasteiger partial charge is 0.392 e. The van der Waals surface area contributed by atoms with Crippen LogP contribution in [0.1, 0.15) is 19.8 Å². The van der Waals surface area contributed by atoms with Crippen LogP contribution in [0.25, 0.3) is 0 Å². The number of aromatic amines is 1. The van der Waals surface area contributed by atoms with Crippen LogP contribution in [0.15, 0.2) is 28.2 Å². The molecule has 0 radical (unpaired) electrons. The van der Waals surface area contributed by atoms with Gasteiger partial charge in [0.2, 0.25) is 15.5 Å². The molecule has 1 rings (SSSR count). The maximum atomic E-state index is 11.7. The van der Waals surface area contributed by atoms with Crippen LogP contribution in [-0.4, -0.2) is 31.2 Å². The van der Waals surface area contributed by atoms with Crippen LogP contribution in [0.4, 0.5) is 0 Å². The maximum absolute atomic E-state index is 11.7. The van der Waals surface area contributed by atoms with E-state index in [0.29, 0.717) is 6.42 Å². The molecule has 0 bridgehead atoms. The predicted octanol–water partition coefficient (Wildman–Crippen LogP) is -0.186. The van der Waals surface area contributed by atoms with Crippen LogP contribution in [0, 0.1) is 0 Å². The van der Waals surface area contributed by atoms with Gasteiger partial charge in [-0.2, -0.15) is 0 Å². The van der Waals surface area contributed by atoms with E-state index in [0.717, 1.165) is 18.7 Å². The maximum Gasteiger partial charge on any atom is 0.246 e. The van der Waals surface area contributed by atoms with E-state index in [-0.39, 0.29) is 11.4 Å². The quantitative estimate of drug-likeness (QED) is 0.660. The highest BCUT2D eigenvalue weighted by molar-refractivity contribution is 7.89. The second-order valence-corrected chi connectivity index (χ2v) is 5.40. The minimum atomic E-state index is -3.86. The molecule has 7 heteroatoms. The lowest BCUT2D eigenvalue weighted by molar-refractivity contribution is 0.167. The van der Waals surface area contributed by atoms with Gasteiger partial charge < -0.3 is 10.1 Å². The van der Waals surface area contributed by atoms with Crippen LogP contribution in [-0.2, 0) is 10.0 Å². The minimum absolute atomic E-state index is 0.0928. The fourth-order valence-electron chi connectivity index (χ4n) is 1.33. The van der Waals surface area contributed by atoms with Crippen molar-refractivity contribution in [3.05, 3.63) is 28.7 Å². The van der Waals surface area contributed by atoms with Crippen LogP contribution in [0.2, 0.25) is 0 Å². The third-order valence-corrected chi connectivity index (χ3v) is 3.65. The molecule has 3 N–H and O–H groups in total. The fourth-order valence-corrected chi connectivity index (χ4v) is 2.45. The summed E-state index contributed by atoms with van der Waals surface area (Å²) in [5, 5.41) is 9.42. The summed E-state index contributed by atoms with van der Waals surface area (Å²) >= 11 is 0. The van der Waals surface area contributed by atoms with E-state index in [4.69, 9.17) is 0 Å². The number of nitrogens with one attached hydrogen (secondary N) is 2. The highest BCUT2D eigenvalue weighted by Gasteiger charge is 2.18. The van der Waals surface area contributed by atoms with Crippen LogP contribution < -0.4 is 10.2 Å². The summed E-state index contributed by atoms with van der Waals surface area (Å²) in [6.45, 7) is 1.80. The Kier molecular flexibility index (Phi) is 4.86. The SMILES string of the molecule is CCCC(O)CNS(=O)(=O)c1c[nH]ccc1=O. The Morgan fingerprint density at radius 3 is 2.82 bits per heavy atom. The van der Waals surface area contributed by atoms with E-state index >= 15 is 0 Å². The van der Waals surface area contributed by atoms with Gasteiger partial charge in [0.1, 0.15) is 4.90 Å². The van der Waals surface area contributed by atoms with Gasteiger partial charge in [0.25, 0.3) is 0 Å². The molecule has 0 fully saturated rings. The summed E-state index contributed by atoms with van der Waals surface area (Å²) in [6, 6.07) is 1.14. The van der Waals surface area contributed by atoms with Gasteiger partial charge in [-0.15, -0.1) is 0 Å². The van der Waals surface area contributed by atoms with Crippen molar-refractivity contribution in [3.63, 3.8) is 0 Å². The van der Waals surface area contributed by atoms with E-state index in [2.05, 4.69) is 9.71 Å². The Morgan fingerprint density at radius 1 is 1.53 bits per heavy atom.